The molecular weight excluding hydrogens is 958 g/mol. The molecule has 0 spiro atoms. The molecule has 4 amide bonds. The molecule has 2 aliphatic heterocycles. The number of hydrogen-bond donors (Lipinski definition) is 3. The van der Waals surface area contributed by atoms with Gasteiger partial charge >= 0.3 is 6.18 Å². The summed E-state index contributed by atoms with van der Waals surface area (Å²) >= 11 is 7.18. The summed E-state index contributed by atoms with van der Waals surface area (Å²) in [5.41, 5.74) is 2.56. The number of nitrogens with one attached hydrogen (secondary N) is 2. The number of thiocarbonyl (C=S) groups is 1. The molecule has 3 N–H and O–H groups in total. The highest BCUT2D eigenvalue weighted by atomic mass is 32.1. The van der Waals surface area contributed by atoms with Crippen LogP contribution in [0.2, 0.25) is 0 Å². The third-order valence-electron chi connectivity index (χ3n) is 12.2. The van der Waals surface area contributed by atoms with Crippen LogP contribution >= 0.6 is 23.6 Å². The van der Waals surface area contributed by atoms with Gasteiger partial charge in [-0.1, -0.05) is 57.2 Å². The number of amides is 4. The van der Waals surface area contributed by atoms with E-state index in [0.717, 1.165) is 49.2 Å². The number of carbonyl (C=O) groups excluding carboxylic acids is 4. The maximum absolute atomic E-state index is 14.4. The monoisotopic (exact) mass is 1010 g/mol. The average Bonchev–Trinajstić information content (AvgIpc) is 4.02. The first kappa shape index (κ1) is 52.2. The van der Waals surface area contributed by atoms with Crippen molar-refractivity contribution in [1.29, 1.82) is 5.26 Å². The molecule has 71 heavy (non-hydrogen) atoms. The fourth-order valence-electron chi connectivity index (χ4n) is 8.29. The lowest BCUT2D eigenvalue weighted by molar-refractivity contribution is -0.151. The van der Waals surface area contributed by atoms with E-state index in [1.165, 1.54) is 17.4 Å². The van der Waals surface area contributed by atoms with Crippen molar-refractivity contribution in [3.05, 3.63) is 113 Å². The lowest BCUT2D eigenvalue weighted by Crippen LogP contribution is -2.58. The SMILES string of the molecule is Cc1ncsc1-c1ccc(CN(C(=O)C(NC(=O)CCOCCOc2ccc(-c3ccc(N4C(=S)N(c5ccc(C#N)c(C(F)(F)F)c5)C(=O)C4(C)C)cc3)cn2)C(C)(C)C)C(=O)[C@@H]2C[C@@H](O)CN2)cc1. The van der Waals surface area contributed by atoms with E-state index in [9.17, 15) is 42.7 Å². The highest BCUT2D eigenvalue weighted by Crippen LogP contribution is 2.40. The molecule has 3 atom stereocenters. The Morgan fingerprint density at radius 3 is 2.25 bits per heavy atom. The van der Waals surface area contributed by atoms with Gasteiger partial charge in [0.25, 0.3) is 11.8 Å². The maximum Gasteiger partial charge on any atom is 0.417 e. The topological polar surface area (TPSA) is 190 Å². The minimum Gasteiger partial charge on any atom is -0.475 e. The number of rotatable bonds is 16. The highest BCUT2D eigenvalue weighted by Gasteiger charge is 2.51. The summed E-state index contributed by atoms with van der Waals surface area (Å²) in [6, 6.07) is 20.9. The third kappa shape index (κ3) is 11.8. The van der Waals surface area contributed by atoms with Crippen LogP contribution in [0.15, 0.2) is 90.6 Å². The normalized spacial score (nSPS) is 17.3. The molecule has 2 aromatic heterocycles. The quantitative estimate of drug-likeness (QED) is 0.0649. The zero-order valence-corrected chi connectivity index (χ0v) is 41.5. The second kappa shape index (κ2) is 21.4. The molecule has 4 heterocycles. The van der Waals surface area contributed by atoms with E-state index in [0.29, 0.717) is 17.1 Å². The van der Waals surface area contributed by atoms with Crippen LogP contribution in [0.3, 0.4) is 0 Å². The van der Waals surface area contributed by atoms with Crippen LogP contribution in [0.4, 0.5) is 24.5 Å². The Hall–Kier alpha value is -6.63. The second-order valence-corrected chi connectivity index (χ2v) is 20.0. The standard InChI is InChI=1S/C51H53F3N8O7S2/c1-30-43(71-29-58-30)33-9-7-31(8-10-33)28-60(45(65)40-24-38(63)27-56-40)46(66)44(49(2,3)4)59-41(64)19-20-68-21-22-69-42-18-14-35(26-57-42)32-11-15-36(16-12-32)62-48(70)61(47(67)50(62,5)6)37-17-13-34(25-55)39(23-37)51(52,53)54/h7-18,23,26,29,38,40,44,56,63H,19-22,24,27-28H2,1-6H3,(H,59,64)/t38-,40+,44?/m1/s1. The Balaban J connectivity index is 0.902. The van der Waals surface area contributed by atoms with E-state index in [2.05, 4.69) is 20.6 Å². The van der Waals surface area contributed by atoms with Crippen molar-refractivity contribution in [3.63, 3.8) is 0 Å². The van der Waals surface area contributed by atoms with Crippen molar-refractivity contribution in [3.8, 4) is 33.5 Å². The molecule has 1 unspecified atom stereocenters. The molecule has 0 aliphatic carbocycles. The van der Waals surface area contributed by atoms with Gasteiger partial charge in [-0.25, -0.2) is 9.97 Å². The fourth-order valence-corrected chi connectivity index (χ4v) is 9.62. The number of anilines is 2. The Labute approximate surface area is 418 Å². The lowest BCUT2D eigenvalue weighted by Gasteiger charge is -2.35. The van der Waals surface area contributed by atoms with E-state index < -0.39 is 70.1 Å². The molecule has 7 rings (SSSR count). The number of imide groups is 1. The number of aliphatic hydroxyl groups is 1. The number of aromatic nitrogens is 2. The summed E-state index contributed by atoms with van der Waals surface area (Å²) in [4.78, 5) is 68.7. The fraction of sp³-hybridized carbons (Fsp3) is 0.373. The van der Waals surface area contributed by atoms with Gasteiger partial charge in [0.05, 0.1) is 70.9 Å². The zero-order valence-electron chi connectivity index (χ0n) is 39.9. The average molecular weight is 1010 g/mol. The van der Waals surface area contributed by atoms with Gasteiger partial charge in [0, 0.05) is 36.5 Å². The van der Waals surface area contributed by atoms with Crippen molar-refractivity contribution in [2.45, 2.75) is 90.8 Å². The van der Waals surface area contributed by atoms with Gasteiger partial charge in [-0.2, -0.15) is 18.4 Å². The van der Waals surface area contributed by atoms with E-state index in [1.54, 1.807) is 72.9 Å². The van der Waals surface area contributed by atoms with Crippen LogP contribution < -0.4 is 25.2 Å². The van der Waals surface area contributed by atoms with Crippen LogP contribution in [0.25, 0.3) is 21.6 Å². The highest BCUT2D eigenvalue weighted by molar-refractivity contribution is 7.81. The number of hydrogen-bond acceptors (Lipinski definition) is 13. The van der Waals surface area contributed by atoms with Crippen LogP contribution in [-0.2, 0) is 36.6 Å². The van der Waals surface area contributed by atoms with Crippen molar-refractivity contribution >= 4 is 63.7 Å². The molecular formula is C51H53F3N8O7S2. The number of carbonyl (C=O) groups is 4. The predicted octanol–water partition coefficient (Wildman–Crippen LogP) is 7.58. The van der Waals surface area contributed by atoms with Crippen molar-refractivity contribution in [1.82, 2.24) is 25.5 Å². The minimum absolute atomic E-state index is 0.0178. The summed E-state index contributed by atoms with van der Waals surface area (Å²) in [6.07, 6.45) is -3.83. The van der Waals surface area contributed by atoms with Crippen LogP contribution in [0.5, 0.6) is 5.88 Å². The number of aliphatic hydroxyl groups excluding tert-OH is 1. The Morgan fingerprint density at radius 2 is 1.66 bits per heavy atom. The molecule has 2 saturated heterocycles. The molecule has 0 radical (unpaired) electrons. The molecule has 0 bridgehead atoms. The molecule has 2 fully saturated rings. The number of benzene rings is 3. The molecule has 3 aromatic carbocycles. The Kier molecular flexibility index (Phi) is 15.7. The molecule has 372 valence electrons. The number of β-amino-alcohol motifs (C(OH)–C–C–N with tert-alkyl or cyclic N) is 1. The van der Waals surface area contributed by atoms with Gasteiger partial charge in [0.15, 0.2) is 5.11 Å². The van der Waals surface area contributed by atoms with E-state index in [1.807, 2.05) is 52.0 Å². The molecule has 15 nitrogen and oxygen atoms in total. The summed E-state index contributed by atoms with van der Waals surface area (Å²) in [5, 5.41) is 25.3. The first-order valence-corrected chi connectivity index (χ1v) is 24.0. The van der Waals surface area contributed by atoms with Crippen molar-refractivity contribution in [2.75, 3.05) is 36.2 Å². The van der Waals surface area contributed by atoms with Crippen LogP contribution in [0, 0.1) is 23.7 Å². The largest absolute Gasteiger partial charge is 0.475 e. The summed E-state index contributed by atoms with van der Waals surface area (Å²) < 4.78 is 52.8. The van der Waals surface area contributed by atoms with Gasteiger partial charge in [0.2, 0.25) is 17.7 Å². The minimum atomic E-state index is -4.82. The maximum atomic E-state index is 14.4. The summed E-state index contributed by atoms with van der Waals surface area (Å²) in [6.45, 7) is 11.1. The summed E-state index contributed by atoms with van der Waals surface area (Å²) in [7, 11) is 0. The number of ether oxygens (including phenoxy) is 2. The number of halogens is 3. The third-order valence-corrected chi connectivity index (χ3v) is 13.5. The van der Waals surface area contributed by atoms with Gasteiger partial charge in [-0.05, 0) is 97.9 Å². The molecule has 0 saturated carbocycles. The number of aryl methyl sites for hydroxylation is 1. The van der Waals surface area contributed by atoms with E-state index in [4.69, 9.17) is 21.7 Å². The van der Waals surface area contributed by atoms with Crippen molar-refractivity contribution in [2.24, 2.45) is 5.41 Å². The number of alkyl halides is 3. The van der Waals surface area contributed by atoms with Crippen LogP contribution in [-0.4, -0.2) is 98.8 Å². The van der Waals surface area contributed by atoms with Gasteiger partial charge in [-0.15, -0.1) is 11.3 Å². The number of pyridine rings is 1. The summed E-state index contributed by atoms with van der Waals surface area (Å²) in [5.74, 6) is -1.70. The first-order valence-electron chi connectivity index (χ1n) is 22.7. The number of nitrogens with zero attached hydrogens (tertiary/aromatic N) is 6. The van der Waals surface area contributed by atoms with Crippen LogP contribution in [0.1, 0.15) is 69.8 Å². The Morgan fingerprint density at radius 1 is 0.986 bits per heavy atom. The van der Waals surface area contributed by atoms with Gasteiger partial charge in [-0.3, -0.25) is 29.0 Å². The molecule has 5 aromatic rings. The predicted molar refractivity (Wildman–Crippen MR) is 265 cm³/mol. The van der Waals surface area contributed by atoms with E-state index in [-0.39, 0.29) is 56.6 Å². The Bertz CT molecular complexity index is 2830. The zero-order chi connectivity index (χ0) is 51.4. The number of nitriles is 1. The molecule has 20 heteroatoms. The second-order valence-electron chi connectivity index (χ2n) is 18.7. The lowest BCUT2D eigenvalue weighted by atomic mass is 9.85. The van der Waals surface area contributed by atoms with E-state index >= 15 is 0 Å². The van der Waals surface area contributed by atoms with Crippen molar-refractivity contribution < 1.29 is 46.9 Å². The number of thiazole rings is 1. The smallest absolute Gasteiger partial charge is 0.417 e. The van der Waals surface area contributed by atoms with Gasteiger partial charge < -0.3 is 30.1 Å². The first-order chi connectivity index (χ1) is 33.6. The molecule has 2 aliphatic rings. The van der Waals surface area contributed by atoms with Gasteiger partial charge in [0.1, 0.15) is 18.2 Å².